The van der Waals surface area contributed by atoms with Gasteiger partial charge >= 0.3 is 0 Å². The minimum Gasteiger partial charge on any atom is -0.264 e. The Kier molecular flexibility index (Phi) is 4.97. The maximum atomic E-state index is 3.88. The van der Waals surface area contributed by atoms with E-state index in [-0.39, 0.29) is 0 Å². The van der Waals surface area contributed by atoms with Crippen LogP contribution >= 0.6 is 0 Å². The van der Waals surface area contributed by atoms with Crippen molar-refractivity contribution in [2.24, 2.45) is 4.99 Å². The molecule has 0 aromatic heterocycles. The normalized spacial score (nSPS) is 8.80. The lowest BCUT2D eigenvalue weighted by Gasteiger charge is -1.84. The number of rotatable bonds is 4. The molecule has 1 nitrogen and oxygen atoms in total. The molecule has 0 unspecified atom stereocenters. The van der Waals surface area contributed by atoms with E-state index in [2.05, 4.69) is 24.7 Å². The van der Waals surface area contributed by atoms with E-state index < -0.39 is 0 Å². The molecule has 0 aromatic carbocycles. The molecule has 0 heterocycles. The average Bonchev–Trinajstić information content (AvgIpc) is 1.99. The van der Waals surface area contributed by atoms with Gasteiger partial charge in [-0.25, -0.2) is 0 Å². The second-order valence-corrected chi connectivity index (χ2v) is 1.57. The second-order valence-electron chi connectivity index (χ2n) is 1.57. The Morgan fingerprint density at radius 2 is 1.70 bits per heavy atom. The van der Waals surface area contributed by atoms with Gasteiger partial charge in [0.25, 0.3) is 0 Å². The maximum absolute atomic E-state index is 3.88. The molecule has 1 heteroatoms. The topological polar surface area (TPSA) is 12.4 Å². The van der Waals surface area contributed by atoms with Crippen molar-refractivity contribution in [2.75, 3.05) is 0 Å². The van der Waals surface area contributed by atoms with E-state index in [1.807, 2.05) is 0 Å². The highest BCUT2D eigenvalue weighted by Gasteiger charge is 1.76. The van der Waals surface area contributed by atoms with Crippen molar-refractivity contribution in [3.63, 3.8) is 0 Å². The molecule has 0 saturated carbocycles. The third-order valence-electron chi connectivity index (χ3n) is 0.886. The van der Waals surface area contributed by atoms with Gasteiger partial charge in [-0.15, -0.1) is 0 Å². The van der Waals surface area contributed by atoms with E-state index >= 15 is 0 Å². The van der Waals surface area contributed by atoms with Crippen molar-refractivity contribution in [2.45, 2.75) is 0 Å². The predicted molar refractivity (Wildman–Crippen MR) is 47.2 cm³/mol. The fourth-order valence-corrected chi connectivity index (χ4v) is 0.379. The van der Waals surface area contributed by atoms with Crippen LogP contribution in [0.1, 0.15) is 0 Å². The van der Waals surface area contributed by atoms with E-state index in [0.717, 1.165) is 5.57 Å². The van der Waals surface area contributed by atoms with Gasteiger partial charge in [0.2, 0.25) is 0 Å². The Hall–Kier alpha value is -1.37. The Balaban J connectivity index is 4.10. The first kappa shape index (κ1) is 8.63. The molecule has 0 aromatic rings. The fraction of sp³-hybridized carbons (Fsp3) is 0. The van der Waals surface area contributed by atoms with Crippen LogP contribution in [0.3, 0.4) is 0 Å². The molecule has 0 aliphatic rings. The van der Waals surface area contributed by atoms with Crippen LogP contribution in [0.15, 0.2) is 54.7 Å². The van der Waals surface area contributed by atoms with E-state index in [9.17, 15) is 0 Å². The lowest BCUT2D eigenvalue weighted by atomic mass is 10.3. The lowest BCUT2D eigenvalue weighted by molar-refractivity contribution is 1.53. The molecule has 0 atom stereocenters. The van der Waals surface area contributed by atoms with Gasteiger partial charge in [0, 0.05) is 12.4 Å². The molecule has 0 aliphatic heterocycles. The Labute approximate surface area is 61.8 Å². The van der Waals surface area contributed by atoms with Gasteiger partial charge in [-0.2, -0.15) is 0 Å². The SMILES string of the molecule is C=C/C=N\C=C(C=C)C=C. The molecule has 0 rings (SSSR count). The monoisotopic (exact) mass is 133 g/mol. The van der Waals surface area contributed by atoms with Gasteiger partial charge < -0.3 is 0 Å². The molecule has 0 fully saturated rings. The van der Waals surface area contributed by atoms with Gasteiger partial charge in [-0.1, -0.05) is 38.0 Å². The molecule has 0 bridgehead atoms. The van der Waals surface area contributed by atoms with Crippen LogP contribution in [0.4, 0.5) is 0 Å². The Morgan fingerprint density at radius 1 is 1.10 bits per heavy atom. The van der Waals surface area contributed by atoms with Crippen molar-refractivity contribution in [1.82, 2.24) is 0 Å². The molecule has 10 heavy (non-hydrogen) atoms. The minimum absolute atomic E-state index is 0.901. The van der Waals surface area contributed by atoms with Crippen LogP contribution < -0.4 is 0 Å². The summed E-state index contributed by atoms with van der Waals surface area (Å²) in [6, 6.07) is 0. The summed E-state index contributed by atoms with van der Waals surface area (Å²) in [7, 11) is 0. The van der Waals surface area contributed by atoms with Gasteiger partial charge in [-0.3, -0.25) is 4.99 Å². The molecule has 0 aliphatic carbocycles. The molecular formula is C9H11N. The van der Waals surface area contributed by atoms with E-state index in [1.54, 1.807) is 30.6 Å². The minimum atomic E-state index is 0.901. The zero-order chi connectivity index (χ0) is 7.82. The van der Waals surface area contributed by atoms with Crippen molar-refractivity contribution < 1.29 is 0 Å². The van der Waals surface area contributed by atoms with Crippen LogP contribution in [0.2, 0.25) is 0 Å². The zero-order valence-electron chi connectivity index (χ0n) is 5.96. The number of hydrogen-bond acceptors (Lipinski definition) is 1. The summed E-state index contributed by atoms with van der Waals surface area (Å²) in [6.07, 6.45) is 8.26. The summed E-state index contributed by atoms with van der Waals surface area (Å²) in [5, 5.41) is 0. The van der Waals surface area contributed by atoms with Crippen LogP contribution in [-0.2, 0) is 0 Å². The second kappa shape index (κ2) is 5.76. The molecule has 0 spiro atoms. The Morgan fingerprint density at radius 3 is 2.10 bits per heavy atom. The van der Waals surface area contributed by atoms with Crippen LogP contribution in [0.25, 0.3) is 0 Å². The van der Waals surface area contributed by atoms with Crippen molar-refractivity contribution in [3.8, 4) is 0 Å². The number of hydrogen-bond donors (Lipinski definition) is 0. The van der Waals surface area contributed by atoms with Gasteiger partial charge in [0.15, 0.2) is 0 Å². The standard InChI is InChI=1S/C9H11N/c1-4-7-10-8-9(5-2)6-3/h4-8H,1-3H2/b10-7-. The largest absolute Gasteiger partial charge is 0.264 e. The first-order chi connectivity index (χ1) is 4.85. The maximum Gasteiger partial charge on any atom is 0.0339 e. The summed E-state index contributed by atoms with van der Waals surface area (Å²) in [6.45, 7) is 10.6. The van der Waals surface area contributed by atoms with Crippen molar-refractivity contribution in [3.05, 3.63) is 49.7 Å². The first-order valence-corrected chi connectivity index (χ1v) is 2.94. The summed E-state index contributed by atoms with van der Waals surface area (Å²) < 4.78 is 0. The quantitative estimate of drug-likeness (QED) is 0.412. The van der Waals surface area contributed by atoms with Crippen LogP contribution in [0.5, 0.6) is 0 Å². The molecule has 0 N–H and O–H groups in total. The van der Waals surface area contributed by atoms with E-state index in [4.69, 9.17) is 0 Å². The summed E-state index contributed by atoms with van der Waals surface area (Å²) in [5.41, 5.74) is 0.901. The molecule has 0 radical (unpaired) electrons. The molecule has 0 saturated heterocycles. The fourth-order valence-electron chi connectivity index (χ4n) is 0.379. The van der Waals surface area contributed by atoms with Crippen LogP contribution in [0, 0.1) is 0 Å². The zero-order valence-corrected chi connectivity index (χ0v) is 5.96. The van der Waals surface area contributed by atoms with Gasteiger partial charge in [0.1, 0.15) is 0 Å². The molecular weight excluding hydrogens is 122 g/mol. The smallest absolute Gasteiger partial charge is 0.0339 e. The summed E-state index contributed by atoms with van der Waals surface area (Å²) in [5.74, 6) is 0. The van der Waals surface area contributed by atoms with Crippen LogP contribution in [-0.4, -0.2) is 6.21 Å². The highest BCUT2D eigenvalue weighted by atomic mass is 14.7. The summed E-state index contributed by atoms with van der Waals surface area (Å²) >= 11 is 0. The number of allylic oxidation sites excluding steroid dienone is 4. The van der Waals surface area contributed by atoms with Gasteiger partial charge in [0.05, 0.1) is 0 Å². The van der Waals surface area contributed by atoms with E-state index in [0.29, 0.717) is 0 Å². The van der Waals surface area contributed by atoms with Gasteiger partial charge in [-0.05, 0) is 5.57 Å². The van der Waals surface area contributed by atoms with E-state index in [1.165, 1.54) is 0 Å². The van der Waals surface area contributed by atoms with Crippen molar-refractivity contribution >= 4 is 6.21 Å². The number of aliphatic imine (C=N–C) groups is 1. The number of nitrogens with zero attached hydrogens (tertiary/aromatic N) is 1. The van der Waals surface area contributed by atoms with Crippen molar-refractivity contribution in [1.29, 1.82) is 0 Å². The molecule has 0 amide bonds. The first-order valence-electron chi connectivity index (χ1n) is 2.94. The average molecular weight is 133 g/mol. The Bertz CT molecular complexity index is 175. The third kappa shape index (κ3) is 3.61. The highest BCUT2D eigenvalue weighted by Crippen LogP contribution is 1.95. The highest BCUT2D eigenvalue weighted by molar-refractivity contribution is 5.70. The molecule has 52 valence electrons. The summed E-state index contributed by atoms with van der Waals surface area (Å²) in [4.78, 5) is 3.88. The third-order valence-corrected chi connectivity index (χ3v) is 0.886. The lowest BCUT2D eigenvalue weighted by Crippen LogP contribution is -1.66. The predicted octanol–water partition coefficient (Wildman–Crippen LogP) is 2.50.